The van der Waals surface area contributed by atoms with Crippen molar-refractivity contribution in [1.82, 2.24) is 13.9 Å². The highest BCUT2D eigenvalue weighted by atomic mass is 32.2. The van der Waals surface area contributed by atoms with E-state index in [4.69, 9.17) is 4.74 Å². The van der Waals surface area contributed by atoms with Crippen molar-refractivity contribution in [3.8, 4) is 11.3 Å². The maximum absolute atomic E-state index is 13.4. The van der Waals surface area contributed by atoms with Gasteiger partial charge in [0.05, 0.1) is 12.2 Å². The van der Waals surface area contributed by atoms with Crippen LogP contribution in [-0.4, -0.2) is 41.0 Å². The Labute approximate surface area is 183 Å². The summed E-state index contributed by atoms with van der Waals surface area (Å²) >= 11 is 0. The largest absolute Gasteiger partial charge is 0.444 e. The standard InChI is InChI=1S/C23H27N3O4S/c1-17-9-6-7-11-20(17)21-13-18(15-25(5)22(27)30-23(2,3)4)16-26(21)31(28,29)19-10-8-12-24-14-19/h6-14,16H,15H2,1-5H3. The van der Waals surface area contributed by atoms with Crippen LogP contribution in [0.5, 0.6) is 0 Å². The van der Waals surface area contributed by atoms with Gasteiger partial charge in [-0.3, -0.25) is 4.98 Å². The van der Waals surface area contributed by atoms with Crippen molar-refractivity contribution in [2.24, 2.45) is 0 Å². The third kappa shape index (κ3) is 5.14. The average molecular weight is 442 g/mol. The van der Waals surface area contributed by atoms with Crippen molar-refractivity contribution in [2.75, 3.05) is 7.05 Å². The average Bonchev–Trinajstić information content (AvgIpc) is 3.12. The summed E-state index contributed by atoms with van der Waals surface area (Å²) in [5, 5.41) is 0. The quantitative estimate of drug-likeness (QED) is 0.584. The normalized spacial score (nSPS) is 11.9. The van der Waals surface area contributed by atoms with E-state index < -0.39 is 21.7 Å². The number of aryl methyl sites for hydroxylation is 1. The van der Waals surface area contributed by atoms with E-state index in [2.05, 4.69) is 4.98 Å². The summed E-state index contributed by atoms with van der Waals surface area (Å²) in [5.41, 5.74) is 2.30. The van der Waals surface area contributed by atoms with Gasteiger partial charge in [-0.05, 0) is 57.0 Å². The van der Waals surface area contributed by atoms with Crippen LogP contribution in [0.4, 0.5) is 4.79 Å². The molecule has 2 aromatic heterocycles. The first kappa shape index (κ1) is 22.6. The summed E-state index contributed by atoms with van der Waals surface area (Å²) in [6, 6.07) is 12.5. The molecule has 2 heterocycles. The predicted octanol–water partition coefficient (Wildman–Crippen LogP) is 4.46. The predicted molar refractivity (Wildman–Crippen MR) is 119 cm³/mol. The summed E-state index contributed by atoms with van der Waals surface area (Å²) < 4.78 is 33.4. The topological polar surface area (TPSA) is 81.5 Å². The molecule has 0 fully saturated rings. The number of rotatable bonds is 5. The van der Waals surface area contributed by atoms with Crippen molar-refractivity contribution in [1.29, 1.82) is 0 Å². The van der Waals surface area contributed by atoms with E-state index in [9.17, 15) is 13.2 Å². The minimum atomic E-state index is -3.88. The smallest absolute Gasteiger partial charge is 0.410 e. The van der Waals surface area contributed by atoms with Gasteiger partial charge < -0.3 is 9.64 Å². The van der Waals surface area contributed by atoms with Crippen LogP contribution in [-0.2, 0) is 21.3 Å². The zero-order chi connectivity index (χ0) is 22.8. The summed E-state index contributed by atoms with van der Waals surface area (Å²) in [5.74, 6) is 0. The molecule has 0 unspecified atom stereocenters. The molecule has 0 atom stereocenters. The van der Waals surface area contributed by atoms with Gasteiger partial charge in [0, 0.05) is 31.2 Å². The Morgan fingerprint density at radius 2 is 1.87 bits per heavy atom. The second kappa shape index (κ2) is 8.55. The van der Waals surface area contributed by atoms with Crippen molar-refractivity contribution in [3.05, 3.63) is 72.2 Å². The zero-order valence-electron chi connectivity index (χ0n) is 18.4. The molecular weight excluding hydrogens is 414 g/mol. The number of pyridine rings is 1. The summed E-state index contributed by atoms with van der Waals surface area (Å²) in [4.78, 5) is 17.8. The molecule has 0 N–H and O–H groups in total. The molecule has 1 aromatic carbocycles. The molecule has 164 valence electrons. The lowest BCUT2D eigenvalue weighted by Crippen LogP contribution is -2.33. The molecule has 3 rings (SSSR count). The molecule has 8 heteroatoms. The van der Waals surface area contributed by atoms with E-state index in [1.165, 1.54) is 27.3 Å². The van der Waals surface area contributed by atoms with Crippen molar-refractivity contribution in [3.63, 3.8) is 0 Å². The molecule has 0 aliphatic rings. The molecule has 7 nitrogen and oxygen atoms in total. The molecule has 0 saturated carbocycles. The van der Waals surface area contributed by atoms with Crippen LogP contribution in [0.2, 0.25) is 0 Å². The number of carbonyl (C=O) groups is 1. The Morgan fingerprint density at radius 1 is 1.16 bits per heavy atom. The lowest BCUT2D eigenvalue weighted by Gasteiger charge is -2.24. The monoisotopic (exact) mass is 441 g/mol. The van der Waals surface area contributed by atoms with Gasteiger partial charge >= 0.3 is 6.09 Å². The molecule has 1 amide bonds. The third-order valence-corrected chi connectivity index (χ3v) is 6.24. The third-order valence-electron chi connectivity index (χ3n) is 4.58. The number of nitrogens with zero attached hydrogens (tertiary/aromatic N) is 3. The first-order valence-corrected chi connectivity index (χ1v) is 11.3. The highest BCUT2D eigenvalue weighted by molar-refractivity contribution is 7.90. The Morgan fingerprint density at radius 3 is 2.48 bits per heavy atom. The van der Waals surface area contributed by atoms with Crippen LogP contribution in [0.1, 0.15) is 31.9 Å². The van der Waals surface area contributed by atoms with Crippen LogP contribution in [0.3, 0.4) is 0 Å². The van der Waals surface area contributed by atoms with E-state index in [0.717, 1.165) is 11.1 Å². The summed E-state index contributed by atoms with van der Waals surface area (Å²) in [6.45, 7) is 7.52. The van der Waals surface area contributed by atoms with Gasteiger partial charge in [0.2, 0.25) is 0 Å². The van der Waals surface area contributed by atoms with Gasteiger partial charge in [0.25, 0.3) is 10.0 Å². The van der Waals surface area contributed by atoms with Gasteiger partial charge in [0.15, 0.2) is 0 Å². The number of amides is 1. The van der Waals surface area contributed by atoms with E-state index in [1.54, 1.807) is 46.1 Å². The van der Waals surface area contributed by atoms with Gasteiger partial charge in [-0.25, -0.2) is 17.2 Å². The molecule has 31 heavy (non-hydrogen) atoms. The van der Waals surface area contributed by atoms with E-state index in [0.29, 0.717) is 11.3 Å². The Hall–Kier alpha value is -3.13. The minimum Gasteiger partial charge on any atom is -0.444 e. The van der Waals surface area contributed by atoms with Crippen molar-refractivity contribution in [2.45, 2.75) is 44.7 Å². The molecule has 0 bridgehead atoms. The number of aromatic nitrogens is 2. The second-order valence-corrected chi connectivity index (χ2v) is 10.2. The summed E-state index contributed by atoms with van der Waals surface area (Å²) in [6.07, 6.45) is 3.92. The molecule has 0 saturated heterocycles. The van der Waals surface area contributed by atoms with Crippen LogP contribution in [0.25, 0.3) is 11.3 Å². The fraction of sp³-hybridized carbons (Fsp3) is 0.304. The Kier molecular flexibility index (Phi) is 6.22. The molecule has 3 aromatic rings. The number of hydrogen-bond donors (Lipinski definition) is 0. The number of ether oxygens (including phenoxy) is 1. The van der Waals surface area contributed by atoms with Gasteiger partial charge in [-0.2, -0.15) is 0 Å². The molecule has 0 aliphatic carbocycles. The molecule has 0 aliphatic heterocycles. The maximum atomic E-state index is 13.4. The number of hydrogen-bond acceptors (Lipinski definition) is 5. The number of benzene rings is 1. The summed E-state index contributed by atoms with van der Waals surface area (Å²) in [7, 11) is -2.26. The Balaban J connectivity index is 2.05. The molecule has 0 spiro atoms. The van der Waals surface area contributed by atoms with E-state index >= 15 is 0 Å². The van der Waals surface area contributed by atoms with E-state index in [-0.39, 0.29) is 11.4 Å². The van der Waals surface area contributed by atoms with Crippen molar-refractivity contribution >= 4 is 16.1 Å². The lowest BCUT2D eigenvalue weighted by atomic mass is 10.1. The van der Waals surface area contributed by atoms with E-state index in [1.807, 2.05) is 31.2 Å². The number of carbonyl (C=O) groups excluding carboxylic acids is 1. The van der Waals surface area contributed by atoms with Crippen LogP contribution in [0.15, 0.2) is 66.0 Å². The van der Waals surface area contributed by atoms with Crippen LogP contribution < -0.4 is 0 Å². The van der Waals surface area contributed by atoms with Gasteiger partial charge in [-0.1, -0.05) is 24.3 Å². The minimum absolute atomic E-state index is 0.0903. The fourth-order valence-corrected chi connectivity index (χ4v) is 4.49. The van der Waals surface area contributed by atoms with Crippen LogP contribution in [0, 0.1) is 6.92 Å². The fourth-order valence-electron chi connectivity index (χ4n) is 3.13. The molecular formula is C23H27N3O4S. The molecule has 0 radical (unpaired) electrons. The maximum Gasteiger partial charge on any atom is 0.410 e. The highest BCUT2D eigenvalue weighted by Crippen LogP contribution is 2.29. The lowest BCUT2D eigenvalue weighted by molar-refractivity contribution is 0.0285. The Bertz CT molecular complexity index is 1180. The first-order valence-electron chi connectivity index (χ1n) is 9.86. The zero-order valence-corrected chi connectivity index (χ0v) is 19.2. The van der Waals surface area contributed by atoms with Gasteiger partial charge in [-0.15, -0.1) is 0 Å². The first-order chi connectivity index (χ1) is 14.5. The second-order valence-electron chi connectivity index (χ2n) is 8.37. The van der Waals surface area contributed by atoms with Gasteiger partial charge in [0.1, 0.15) is 10.5 Å². The highest BCUT2D eigenvalue weighted by Gasteiger charge is 2.25. The van der Waals surface area contributed by atoms with Crippen LogP contribution >= 0.6 is 0 Å². The SMILES string of the molecule is Cc1ccccc1-c1cc(CN(C)C(=O)OC(C)(C)C)cn1S(=O)(=O)c1cccnc1. The van der Waals surface area contributed by atoms with Crippen molar-refractivity contribution < 1.29 is 17.9 Å².